The van der Waals surface area contributed by atoms with E-state index in [4.69, 9.17) is 5.11 Å². The molecule has 1 rings (SSSR count). The molecule has 1 aromatic carbocycles. The molecule has 2 unspecified atom stereocenters. The van der Waals surface area contributed by atoms with Gasteiger partial charge in [-0.1, -0.05) is 0 Å². The summed E-state index contributed by atoms with van der Waals surface area (Å²) in [6.45, 7) is 1.06. The molecule has 0 spiro atoms. The van der Waals surface area contributed by atoms with E-state index in [0.29, 0.717) is 24.3 Å². The minimum absolute atomic E-state index is 0.539. The summed E-state index contributed by atoms with van der Waals surface area (Å²) in [5.41, 5.74) is -1.04. The third-order valence-electron chi connectivity index (χ3n) is 2.52. The van der Waals surface area contributed by atoms with Gasteiger partial charge in [-0.25, -0.2) is 8.42 Å². The second-order valence-corrected chi connectivity index (χ2v) is 5.91. The second-order valence-electron chi connectivity index (χ2n) is 4.20. The van der Waals surface area contributed by atoms with Crippen molar-refractivity contribution in [2.45, 2.75) is 30.1 Å². The zero-order chi connectivity index (χ0) is 16.4. The van der Waals surface area contributed by atoms with Gasteiger partial charge in [0.1, 0.15) is 6.04 Å². The Balaban J connectivity index is 3.06. The first-order valence-corrected chi connectivity index (χ1v) is 7.04. The van der Waals surface area contributed by atoms with E-state index in [9.17, 15) is 31.5 Å². The van der Waals surface area contributed by atoms with Gasteiger partial charge in [-0.2, -0.15) is 17.9 Å². The van der Waals surface area contributed by atoms with Gasteiger partial charge in [-0.05, 0) is 31.2 Å². The Morgan fingerprint density at radius 3 is 2.05 bits per heavy atom. The SMILES string of the molecule is CC(O)C(NS(=O)(=O)c1ccc(C(F)(F)F)cc1)C(=O)O. The molecule has 0 aliphatic heterocycles. The van der Waals surface area contributed by atoms with Gasteiger partial charge < -0.3 is 10.2 Å². The number of aliphatic hydroxyl groups excluding tert-OH is 1. The lowest BCUT2D eigenvalue weighted by atomic mass is 10.2. The number of carboxylic acid groups (broad SMARTS) is 1. The lowest BCUT2D eigenvalue weighted by Gasteiger charge is -2.17. The molecule has 10 heteroatoms. The summed E-state index contributed by atoms with van der Waals surface area (Å²) in [4.78, 5) is 10.3. The summed E-state index contributed by atoms with van der Waals surface area (Å²) in [6.07, 6.45) is -6.13. The van der Waals surface area contributed by atoms with Crippen molar-refractivity contribution in [3.05, 3.63) is 29.8 Å². The molecule has 0 saturated carbocycles. The first-order chi connectivity index (χ1) is 9.45. The highest BCUT2D eigenvalue weighted by atomic mass is 32.2. The van der Waals surface area contributed by atoms with Crippen molar-refractivity contribution in [3.8, 4) is 0 Å². The summed E-state index contributed by atoms with van der Waals surface area (Å²) >= 11 is 0. The number of carboxylic acids is 1. The Hall–Kier alpha value is -1.65. The van der Waals surface area contributed by atoms with Crippen LogP contribution < -0.4 is 4.72 Å². The van der Waals surface area contributed by atoms with Gasteiger partial charge in [0, 0.05) is 0 Å². The fourth-order valence-corrected chi connectivity index (χ4v) is 2.68. The molecular formula is C11H12F3NO5S. The number of hydrogen-bond donors (Lipinski definition) is 3. The number of nitrogens with one attached hydrogen (secondary N) is 1. The van der Waals surface area contributed by atoms with Crippen LogP contribution in [0.2, 0.25) is 0 Å². The number of aliphatic carboxylic acids is 1. The third-order valence-corrected chi connectivity index (χ3v) is 3.98. The summed E-state index contributed by atoms with van der Waals surface area (Å²) in [6, 6.07) is 0.717. The number of sulfonamides is 1. The Morgan fingerprint density at radius 1 is 1.24 bits per heavy atom. The van der Waals surface area contributed by atoms with E-state index in [2.05, 4.69) is 0 Å². The van der Waals surface area contributed by atoms with E-state index in [-0.39, 0.29) is 0 Å². The average molecular weight is 327 g/mol. The molecule has 0 radical (unpaired) electrons. The molecule has 0 aliphatic rings. The molecule has 0 amide bonds. The fourth-order valence-electron chi connectivity index (χ4n) is 1.41. The van der Waals surface area contributed by atoms with E-state index in [1.165, 1.54) is 0 Å². The van der Waals surface area contributed by atoms with Crippen molar-refractivity contribution in [1.29, 1.82) is 0 Å². The summed E-state index contributed by atoms with van der Waals surface area (Å²) in [5, 5.41) is 18.0. The van der Waals surface area contributed by atoms with Crippen molar-refractivity contribution < 1.29 is 36.6 Å². The number of benzene rings is 1. The molecular weight excluding hydrogens is 315 g/mol. The zero-order valence-corrected chi connectivity index (χ0v) is 11.4. The number of aliphatic hydroxyl groups is 1. The van der Waals surface area contributed by atoms with Gasteiger partial charge in [0.2, 0.25) is 10.0 Å². The molecule has 2 atom stereocenters. The Kier molecular flexibility index (Phi) is 4.97. The second kappa shape index (κ2) is 6.00. The van der Waals surface area contributed by atoms with Crippen LogP contribution in [0.1, 0.15) is 12.5 Å². The van der Waals surface area contributed by atoms with E-state index < -0.39 is 44.8 Å². The zero-order valence-electron chi connectivity index (χ0n) is 10.6. The van der Waals surface area contributed by atoms with E-state index in [1.807, 2.05) is 0 Å². The van der Waals surface area contributed by atoms with Gasteiger partial charge >= 0.3 is 12.1 Å². The molecule has 21 heavy (non-hydrogen) atoms. The molecule has 0 bridgehead atoms. The van der Waals surface area contributed by atoms with Crippen molar-refractivity contribution in [1.82, 2.24) is 4.72 Å². The highest BCUT2D eigenvalue weighted by Gasteiger charge is 2.32. The number of carbonyl (C=O) groups is 1. The third kappa shape index (κ3) is 4.41. The highest BCUT2D eigenvalue weighted by Crippen LogP contribution is 2.29. The van der Waals surface area contributed by atoms with Crippen LogP contribution >= 0.6 is 0 Å². The van der Waals surface area contributed by atoms with Crippen molar-refractivity contribution in [3.63, 3.8) is 0 Å². The number of alkyl halides is 3. The summed E-state index contributed by atoms with van der Waals surface area (Å²) < 4.78 is 62.5. The number of hydrogen-bond acceptors (Lipinski definition) is 4. The Labute approximate surface area is 118 Å². The van der Waals surface area contributed by atoms with Gasteiger partial charge in [0.25, 0.3) is 0 Å². The quantitative estimate of drug-likeness (QED) is 0.743. The van der Waals surface area contributed by atoms with Crippen LogP contribution in [0.15, 0.2) is 29.2 Å². The Morgan fingerprint density at radius 2 is 1.71 bits per heavy atom. The van der Waals surface area contributed by atoms with Crippen LogP contribution in [0, 0.1) is 0 Å². The normalized spacial score (nSPS) is 15.5. The lowest BCUT2D eigenvalue weighted by molar-refractivity contribution is -0.141. The van der Waals surface area contributed by atoms with Crippen LogP contribution in [0.4, 0.5) is 13.2 Å². The number of rotatable bonds is 5. The molecule has 0 aliphatic carbocycles. The molecule has 0 heterocycles. The van der Waals surface area contributed by atoms with Crippen molar-refractivity contribution >= 4 is 16.0 Å². The summed E-state index contributed by atoms with van der Waals surface area (Å²) in [7, 11) is -4.37. The Bertz CT molecular complexity index is 610. The van der Waals surface area contributed by atoms with E-state index in [1.54, 1.807) is 4.72 Å². The fraction of sp³-hybridized carbons (Fsp3) is 0.364. The minimum Gasteiger partial charge on any atom is -0.480 e. The predicted octanol–water partition coefficient (Wildman–Crippen LogP) is 0.818. The first-order valence-electron chi connectivity index (χ1n) is 5.55. The van der Waals surface area contributed by atoms with Crippen LogP contribution in [0.5, 0.6) is 0 Å². The van der Waals surface area contributed by atoms with E-state index in [0.717, 1.165) is 6.92 Å². The molecule has 0 aromatic heterocycles. The van der Waals surface area contributed by atoms with Gasteiger partial charge in [0.15, 0.2) is 0 Å². The topological polar surface area (TPSA) is 104 Å². The van der Waals surface area contributed by atoms with Crippen LogP contribution in [-0.4, -0.2) is 36.7 Å². The standard InChI is InChI=1S/C11H12F3NO5S/c1-6(16)9(10(17)18)15-21(19,20)8-4-2-7(3-5-8)11(12,13)14/h2-6,9,15-16H,1H3,(H,17,18). The largest absolute Gasteiger partial charge is 0.480 e. The predicted molar refractivity (Wildman–Crippen MR) is 64.9 cm³/mol. The molecule has 6 nitrogen and oxygen atoms in total. The molecule has 3 N–H and O–H groups in total. The van der Waals surface area contributed by atoms with Crippen LogP contribution in [0.25, 0.3) is 0 Å². The van der Waals surface area contributed by atoms with Crippen LogP contribution in [0.3, 0.4) is 0 Å². The smallest absolute Gasteiger partial charge is 0.416 e. The van der Waals surface area contributed by atoms with Crippen LogP contribution in [-0.2, 0) is 21.0 Å². The first kappa shape index (κ1) is 17.4. The maximum atomic E-state index is 12.4. The highest BCUT2D eigenvalue weighted by molar-refractivity contribution is 7.89. The van der Waals surface area contributed by atoms with E-state index >= 15 is 0 Å². The monoisotopic (exact) mass is 327 g/mol. The maximum absolute atomic E-state index is 12.4. The minimum atomic E-state index is -4.61. The molecule has 118 valence electrons. The van der Waals surface area contributed by atoms with Crippen molar-refractivity contribution in [2.24, 2.45) is 0 Å². The molecule has 1 aromatic rings. The average Bonchev–Trinajstić information content (AvgIpc) is 2.34. The van der Waals surface area contributed by atoms with Gasteiger partial charge in [0.05, 0.1) is 16.6 Å². The van der Waals surface area contributed by atoms with Gasteiger partial charge in [-0.3, -0.25) is 4.79 Å². The van der Waals surface area contributed by atoms with Gasteiger partial charge in [-0.15, -0.1) is 0 Å². The van der Waals surface area contributed by atoms with Crippen molar-refractivity contribution in [2.75, 3.05) is 0 Å². The molecule has 0 fully saturated rings. The summed E-state index contributed by atoms with van der Waals surface area (Å²) in [5.74, 6) is -1.61. The molecule has 0 saturated heterocycles. The lowest BCUT2D eigenvalue weighted by Crippen LogP contribution is -2.47. The maximum Gasteiger partial charge on any atom is 0.416 e. The number of halogens is 3.